The van der Waals surface area contributed by atoms with Crippen LogP contribution in [0.15, 0.2) is 16.7 Å². The minimum atomic E-state index is -0.145. The van der Waals surface area contributed by atoms with E-state index in [1.54, 1.807) is 11.0 Å². The Kier molecular flexibility index (Phi) is 3.35. The van der Waals surface area contributed by atoms with Gasteiger partial charge < -0.3 is 9.32 Å². The Morgan fingerprint density at radius 1 is 1.71 bits per heavy atom. The third kappa shape index (κ3) is 1.97. The fourth-order valence-corrected chi connectivity index (χ4v) is 1.17. The van der Waals surface area contributed by atoms with Gasteiger partial charge in [-0.2, -0.15) is 0 Å². The molecule has 74 valence electrons. The lowest BCUT2D eigenvalue weighted by molar-refractivity contribution is 0.0752. The fraction of sp³-hybridized carbons (Fsp3) is 0.364. The fourth-order valence-electron chi connectivity index (χ4n) is 1.17. The quantitative estimate of drug-likeness (QED) is 0.681. The van der Waals surface area contributed by atoms with Gasteiger partial charge in [0.1, 0.15) is 0 Å². The average molecular weight is 191 g/mol. The monoisotopic (exact) mass is 191 g/mol. The van der Waals surface area contributed by atoms with E-state index < -0.39 is 0 Å². The van der Waals surface area contributed by atoms with Crippen LogP contribution < -0.4 is 0 Å². The van der Waals surface area contributed by atoms with Crippen molar-refractivity contribution in [1.82, 2.24) is 4.90 Å². The van der Waals surface area contributed by atoms with Crippen molar-refractivity contribution in [2.75, 3.05) is 13.1 Å². The summed E-state index contributed by atoms with van der Waals surface area (Å²) < 4.78 is 5.10. The van der Waals surface area contributed by atoms with Gasteiger partial charge in [-0.25, -0.2) is 0 Å². The number of terminal acetylenes is 1. The number of hydrogen-bond acceptors (Lipinski definition) is 2. The molecule has 0 aliphatic heterocycles. The zero-order valence-corrected chi connectivity index (χ0v) is 8.41. The van der Waals surface area contributed by atoms with Gasteiger partial charge in [0, 0.05) is 12.1 Å². The summed E-state index contributed by atoms with van der Waals surface area (Å²) in [4.78, 5) is 13.3. The van der Waals surface area contributed by atoms with E-state index in [-0.39, 0.29) is 5.91 Å². The van der Waals surface area contributed by atoms with Crippen molar-refractivity contribution in [2.45, 2.75) is 13.8 Å². The van der Waals surface area contributed by atoms with Crippen LogP contribution >= 0.6 is 0 Å². The van der Waals surface area contributed by atoms with Crippen molar-refractivity contribution < 1.29 is 9.21 Å². The van der Waals surface area contributed by atoms with E-state index in [1.165, 1.54) is 6.26 Å². The Labute approximate surface area is 83.7 Å². The molecular weight excluding hydrogens is 178 g/mol. The molecule has 0 aliphatic rings. The second-order valence-electron chi connectivity index (χ2n) is 2.96. The maximum absolute atomic E-state index is 11.8. The summed E-state index contributed by atoms with van der Waals surface area (Å²) in [6.07, 6.45) is 6.67. The summed E-state index contributed by atoms with van der Waals surface area (Å²) in [5.74, 6) is 2.68. The van der Waals surface area contributed by atoms with Gasteiger partial charge in [-0.05, 0) is 19.9 Å². The molecule has 0 aromatic carbocycles. The molecule has 3 nitrogen and oxygen atoms in total. The minimum Gasteiger partial charge on any atom is -0.459 e. The van der Waals surface area contributed by atoms with E-state index in [9.17, 15) is 4.79 Å². The lowest BCUT2D eigenvalue weighted by atomic mass is 10.2. The molecule has 1 amide bonds. The predicted octanol–water partition coefficient (Wildman–Crippen LogP) is 1.68. The Balaban J connectivity index is 2.84. The normalized spacial score (nSPS) is 9.50. The molecule has 0 saturated carbocycles. The summed E-state index contributed by atoms with van der Waals surface area (Å²) in [6.45, 7) is 4.62. The molecule has 0 unspecified atom stereocenters. The minimum absolute atomic E-state index is 0.145. The lowest BCUT2D eigenvalue weighted by Crippen LogP contribution is -2.31. The van der Waals surface area contributed by atoms with Gasteiger partial charge in [0.05, 0.1) is 12.8 Å². The molecule has 0 atom stereocenters. The molecule has 1 aromatic heterocycles. The van der Waals surface area contributed by atoms with Crippen LogP contribution in [0.2, 0.25) is 0 Å². The number of hydrogen-bond donors (Lipinski definition) is 0. The SMILES string of the molecule is C#CCN(CC)C(=O)c1occc1C. The van der Waals surface area contributed by atoms with Crippen LogP contribution in [0, 0.1) is 19.3 Å². The van der Waals surface area contributed by atoms with Crippen LogP contribution in [0.3, 0.4) is 0 Å². The smallest absolute Gasteiger partial charge is 0.290 e. The Hall–Kier alpha value is -1.69. The van der Waals surface area contributed by atoms with Crippen molar-refractivity contribution in [2.24, 2.45) is 0 Å². The molecule has 14 heavy (non-hydrogen) atoms. The highest BCUT2D eigenvalue weighted by atomic mass is 16.3. The van der Waals surface area contributed by atoms with Crippen molar-refractivity contribution in [3.63, 3.8) is 0 Å². The van der Waals surface area contributed by atoms with Gasteiger partial charge in [-0.3, -0.25) is 4.79 Å². The van der Waals surface area contributed by atoms with Crippen molar-refractivity contribution in [3.8, 4) is 12.3 Å². The summed E-state index contributed by atoms with van der Waals surface area (Å²) in [5, 5.41) is 0. The summed E-state index contributed by atoms with van der Waals surface area (Å²) in [5.41, 5.74) is 0.838. The number of rotatable bonds is 3. The molecule has 3 heteroatoms. The van der Waals surface area contributed by atoms with E-state index in [1.807, 2.05) is 13.8 Å². The van der Waals surface area contributed by atoms with Gasteiger partial charge in [0.25, 0.3) is 5.91 Å². The first kappa shape index (κ1) is 10.4. The Bertz CT molecular complexity index is 360. The molecule has 0 N–H and O–H groups in total. The van der Waals surface area contributed by atoms with Crippen molar-refractivity contribution in [3.05, 3.63) is 23.7 Å². The van der Waals surface area contributed by atoms with Gasteiger partial charge in [-0.1, -0.05) is 5.92 Å². The predicted molar refractivity (Wildman–Crippen MR) is 53.9 cm³/mol. The molecular formula is C11H13NO2. The number of amides is 1. The van der Waals surface area contributed by atoms with Crippen LogP contribution in [-0.4, -0.2) is 23.9 Å². The zero-order valence-electron chi connectivity index (χ0n) is 8.41. The van der Waals surface area contributed by atoms with Gasteiger partial charge in [-0.15, -0.1) is 6.42 Å². The molecule has 0 spiro atoms. The largest absolute Gasteiger partial charge is 0.459 e. The first-order chi connectivity index (χ1) is 6.70. The highest BCUT2D eigenvalue weighted by Crippen LogP contribution is 2.11. The van der Waals surface area contributed by atoms with Gasteiger partial charge in [0.15, 0.2) is 5.76 Å². The number of carbonyl (C=O) groups is 1. The highest BCUT2D eigenvalue weighted by molar-refractivity contribution is 5.92. The van der Waals surface area contributed by atoms with Crippen molar-refractivity contribution >= 4 is 5.91 Å². The number of nitrogens with zero attached hydrogens (tertiary/aromatic N) is 1. The van der Waals surface area contributed by atoms with E-state index in [2.05, 4.69) is 5.92 Å². The summed E-state index contributed by atoms with van der Waals surface area (Å²) in [6, 6.07) is 1.76. The Morgan fingerprint density at radius 3 is 2.86 bits per heavy atom. The summed E-state index contributed by atoms with van der Waals surface area (Å²) >= 11 is 0. The van der Waals surface area contributed by atoms with E-state index >= 15 is 0 Å². The molecule has 0 saturated heterocycles. The number of carbonyl (C=O) groups excluding carboxylic acids is 1. The van der Waals surface area contributed by atoms with E-state index in [0.717, 1.165) is 5.56 Å². The molecule has 0 fully saturated rings. The maximum atomic E-state index is 11.8. The summed E-state index contributed by atoms with van der Waals surface area (Å²) in [7, 11) is 0. The standard InChI is InChI=1S/C11H13NO2/c1-4-7-12(5-2)11(13)10-9(3)6-8-14-10/h1,6,8H,5,7H2,2-3H3. The second-order valence-corrected chi connectivity index (χ2v) is 2.96. The topological polar surface area (TPSA) is 33.5 Å². The highest BCUT2D eigenvalue weighted by Gasteiger charge is 2.17. The van der Waals surface area contributed by atoms with Crippen LogP contribution in [0.25, 0.3) is 0 Å². The van der Waals surface area contributed by atoms with Gasteiger partial charge in [0.2, 0.25) is 0 Å². The number of furan rings is 1. The van der Waals surface area contributed by atoms with Crippen molar-refractivity contribution in [1.29, 1.82) is 0 Å². The molecule has 1 aromatic rings. The molecule has 0 aliphatic carbocycles. The number of aryl methyl sites for hydroxylation is 1. The average Bonchev–Trinajstić information content (AvgIpc) is 2.59. The molecule has 0 radical (unpaired) electrons. The van der Waals surface area contributed by atoms with Gasteiger partial charge >= 0.3 is 0 Å². The second kappa shape index (κ2) is 4.52. The van der Waals surface area contributed by atoms with E-state index in [4.69, 9.17) is 10.8 Å². The molecule has 1 heterocycles. The molecule has 0 bridgehead atoms. The van der Waals surface area contributed by atoms with E-state index in [0.29, 0.717) is 18.8 Å². The first-order valence-electron chi connectivity index (χ1n) is 4.47. The van der Waals surface area contributed by atoms with Crippen LogP contribution in [-0.2, 0) is 0 Å². The van der Waals surface area contributed by atoms with Crippen LogP contribution in [0.5, 0.6) is 0 Å². The van der Waals surface area contributed by atoms with Crippen LogP contribution in [0.4, 0.5) is 0 Å². The third-order valence-corrected chi connectivity index (χ3v) is 2.01. The lowest BCUT2D eigenvalue weighted by Gasteiger charge is -2.16. The maximum Gasteiger partial charge on any atom is 0.290 e. The molecule has 1 rings (SSSR count). The van der Waals surface area contributed by atoms with Crippen LogP contribution in [0.1, 0.15) is 23.0 Å². The zero-order chi connectivity index (χ0) is 10.6. The third-order valence-electron chi connectivity index (χ3n) is 2.01. The first-order valence-corrected chi connectivity index (χ1v) is 4.47. The Morgan fingerprint density at radius 2 is 2.43 bits per heavy atom.